The van der Waals surface area contributed by atoms with Gasteiger partial charge < -0.3 is 29.0 Å². The second kappa shape index (κ2) is 8.08. The van der Waals surface area contributed by atoms with Gasteiger partial charge in [0.15, 0.2) is 5.72 Å². The van der Waals surface area contributed by atoms with Gasteiger partial charge in [-0.15, -0.1) is 0 Å². The molecule has 2 bridgehead atoms. The third-order valence-electron chi connectivity index (χ3n) is 9.40. The molecule has 8 nitrogen and oxygen atoms in total. The van der Waals surface area contributed by atoms with Crippen LogP contribution in [0.15, 0.2) is 48.5 Å². The molecule has 2 N–H and O–H groups in total. The second-order valence-corrected chi connectivity index (χ2v) is 11.5. The van der Waals surface area contributed by atoms with Crippen LogP contribution in [0.3, 0.4) is 0 Å². The number of rotatable bonds is 6. The lowest BCUT2D eigenvalue weighted by Gasteiger charge is -2.37. The van der Waals surface area contributed by atoms with Gasteiger partial charge in [-0.25, -0.2) is 4.79 Å². The fraction of sp³-hybridized carbons (Fsp3) is 0.375. The number of carbonyl (C=O) groups is 2. The number of unbranched alkanes of at least 4 members (excludes halogenated alkanes) is 3. The van der Waals surface area contributed by atoms with Crippen LogP contribution in [0.2, 0.25) is 0 Å². The van der Waals surface area contributed by atoms with Crippen molar-refractivity contribution in [3.05, 3.63) is 59.7 Å². The summed E-state index contributed by atoms with van der Waals surface area (Å²) >= 11 is 0. The zero-order chi connectivity index (χ0) is 27.4. The number of aliphatic hydroxyl groups is 1. The molecular formula is C32H31N3O5. The lowest BCUT2D eigenvalue weighted by Crippen LogP contribution is -2.56. The van der Waals surface area contributed by atoms with Crippen molar-refractivity contribution in [2.75, 3.05) is 6.61 Å². The van der Waals surface area contributed by atoms with Crippen LogP contribution in [-0.2, 0) is 26.5 Å². The summed E-state index contributed by atoms with van der Waals surface area (Å²) in [6, 6.07) is 16.0. The van der Waals surface area contributed by atoms with Crippen molar-refractivity contribution in [1.82, 2.24) is 14.5 Å². The van der Waals surface area contributed by atoms with Crippen LogP contribution in [0.1, 0.15) is 68.1 Å². The molecule has 3 atom stereocenters. The van der Waals surface area contributed by atoms with Crippen molar-refractivity contribution >= 4 is 55.5 Å². The monoisotopic (exact) mass is 537 g/mol. The largest absolute Gasteiger partial charge is 0.463 e. The van der Waals surface area contributed by atoms with E-state index in [0.29, 0.717) is 12.1 Å². The van der Waals surface area contributed by atoms with Crippen LogP contribution >= 0.6 is 0 Å². The Bertz CT molecular complexity index is 1920. The van der Waals surface area contributed by atoms with Crippen molar-refractivity contribution in [3.63, 3.8) is 0 Å². The SMILES string of the molecule is CCCCCCOC(=O)[C@]1(O)C[C@@H]2OC1(C)n1c3ccccc3c3c4c(c5c6ccccc6n2c5c31)C(=O)NC4. The maximum absolute atomic E-state index is 13.8. The minimum absolute atomic E-state index is 0.0296. The maximum atomic E-state index is 13.8. The Morgan fingerprint density at radius 3 is 2.55 bits per heavy atom. The molecule has 0 aliphatic carbocycles. The fourth-order valence-electron chi connectivity index (χ4n) is 7.53. The van der Waals surface area contributed by atoms with E-state index in [1.54, 1.807) is 6.92 Å². The summed E-state index contributed by atoms with van der Waals surface area (Å²) in [6.45, 7) is 4.61. The predicted molar refractivity (Wildman–Crippen MR) is 152 cm³/mol. The highest BCUT2D eigenvalue weighted by molar-refractivity contribution is 6.31. The Labute approximate surface area is 230 Å². The van der Waals surface area contributed by atoms with E-state index in [1.165, 1.54) is 0 Å². The van der Waals surface area contributed by atoms with E-state index in [1.807, 2.05) is 53.1 Å². The van der Waals surface area contributed by atoms with Gasteiger partial charge in [-0.2, -0.15) is 0 Å². The molecule has 5 aromatic rings. The van der Waals surface area contributed by atoms with Crippen LogP contribution in [0, 0.1) is 0 Å². The van der Waals surface area contributed by atoms with Gasteiger partial charge in [0, 0.05) is 34.5 Å². The first-order chi connectivity index (χ1) is 19.4. The summed E-state index contributed by atoms with van der Waals surface area (Å²) < 4.78 is 16.7. The highest BCUT2D eigenvalue weighted by Crippen LogP contribution is 2.57. The van der Waals surface area contributed by atoms with E-state index in [-0.39, 0.29) is 18.9 Å². The smallest absolute Gasteiger partial charge is 0.343 e. The third-order valence-corrected chi connectivity index (χ3v) is 9.40. The molecule has 8 heteroatoms. The summed E-state index contributed by atoms with van der Waals surface area (Å²) in [5.74, 6) is -0.740. The Kier molecular flexibility index (Phi) is 4.84. The topological polar surface area (TPSA) is 94.7 Å². The number of nitrogens with zero attached hydrogens (tertiary/aromatic N) is 2. The van der Waals surface area contributed by atoms with E-state index >= 15 is 0 Å². The van der Waals surface area contributed by atoms with Gasteiger partial charge in [0.2, 0.25) is 5.60 Å². The lowest BCUT2D eigenvalue weighted by molar-refractivity contribution is -0.204. The maximum Gasteiger partial charge on any atom is 0.343 e. The first-order valence-corrected chi connectivity index (χ1v) is 14.3. The Morgan fingerprint density at radius 2 is 1.77 bits per heavy atom. The van der Waals surface area contributed by atoms with Crippen molar-refractivity contribution in [2.24, 2.45) is 0 Å². The third kappa shape index (κ3) is 2.73. The summed E-state index contributed by atoms with van der Waals surface area (Å²) in [4.78, 5) is 27.1. The number of fused-ring (bicyclic) bond motifs is 13. The van der Waals surface area contributed by atoms with Gasteiger partial charge in [-0.1, -0.05) is 62.6 Å². The summed E-state index contributed by atoms with van der Waals surface area (Å²) in [6.07, 6.45) is 3.28. The van der Waals surface area contributed by atoms with Gasteiger partial charge in [-0.3, -0.25) is 4.79 Å². The van der Waals surface area contributed by atoms with Gasteiger partial charge in [-0.05, 0) is 31.0 Å². The average molecular weight is 538 g/mol. The summed E-state index contributed by atoms with van der Waals surface area (Å²) in [5, 5.41) is 19.2. The van der Waals surface area contributed by atoms with Gasteiger partial charge in [0.1, 0.15) is 6.23 Å². The molecule has 3 aliphatic heterocycles. The number of para-hydroxylation sites is 2. The number of nitrogens with one attached hydrogen (secondary N) is 1. The van der Waals surface area contributed by atoms with Crippen LogP contribution in [0.4, 0.5) is 0 Å². The van der Waals surface area contributed by atoms with Crippen LogP contribution < -0.4 is 5.32 Å². The van der Waals surface area contributed by atoms with Crippen molar-refractivity contribution in [1.29, 1.82) is 0 Å². The molecule has 0 spiro atoms. The van der Waals surface area contributed by atoms with Gasteiger partial charge >= 0.3 is 5.97 Å². The number of carbonyl (C=O) groups excluding carboxylic acids is 2. The van der Waals surface area contributed by atoms with Crippen molar-refractivity contribution in [3.8, 4) is 0 Å². The van der Waals surface area contributed by atoms with Crippen molar-refractivity contribution in [2.45, 2.75) is 70.1 Å². The number of benzene rings is 3. The molecule has 1 amide bonds. The van der Waals surface area contributed by atoms with E-state index in [9.17, 15) is 14.7 Å². The molecule has 1 fully saturated rings. The highest BCUT2D eigenvalue weighted by Gasteiger charge is 2.66. The molecule has 0 radical (unpaired) electrons. The van der Waals surface area contributed by atoms with Gasteiger partial charge in [0.25, 0.3) is 5.91 Å². The van der Waals surface area contributed by atoms with E-state index in [4.69, 9.17) is 9.47 Å². The molecule has 204 valence electrons. The number of esters is 1. The van der Waals surface area contributed by atoms with E-state index in [0.717, 1.165) is 74.9 Å². The number of amides is 1. The molecule has 1 unspecified atom stereocenters. The molecule has 8 rings (SSSR count). The summed E-state index contributed by atoms with van der Waals surface area (Å²) in [7, 11) is 0. The Morgan fingerprint density at radius 1 is 1.05 bits per heavy atom. The summed E-state index contributed by atoms with van der Waals surface area (Å²) in [5.41, 5.74) is 1.75. The quantitative estimate of drug-likeness (QED) is 0.217. The minimum Gasteiger partial charge on any atom is -0.463 e. The van der Waals surface area contributed by atoms with Crippen LogP contribution in [0.25, 0.3) is 43.6 Å². The zero-order valence-corrected chi connectivity index (χ0v) is 22.6. The zero-order valence-electron chi connectivity index (χ0n) is 22.6. The molecule has 40 heavy (non-hydrogen) atoms. The number of ether oxygens (including phenoxy) is 2. The highest BCUT2D eigenvalue weighted by atomic mass is 16.6. The molecule has 3 aliphatic rings. The van der Waals surface area contributed by atoms with E-state index < -0.39 is 23.5 Å². The number of hydrogen-bond acceptors (Lipinski definition) is 5. The van der Waals surface area contributed by atoms with E-state index in [2.05, 4.69) is 16.8 Å². The molecule has 3 aromatic carbocycles. The Hall–Kier alpha value is -3.88. The molecule has 0 saturated carbocycles. The van der Waals surface area contributed by atoms with Gasteiger partial charge in [0.05, 0.1) is 34.2 Å². The molecule has 1 saturated heterocycles. The average Bonchev–Trinajstić information content (AvgIpc) is 3.65. The Balaban J connectivity index is 1.47. The molecule has 5 heterocycles. The first-order valence-electron chi connectivity index (χ1n) is 14.3. The number of aromatic nitrogens is 2. The minimum atomic E-state index is -1.93. The fourth-order valence-corrected chi connectivity index (χ4v) is 7.53. The predicted octanol–water partition coefficient (Wildman–Crippen LogP) is 5.61. The van der Waals surface area contributed by atoms with Crippen LogP contribution in [0.5, 0.6) is 0 Å². The number of hydrogen-bond donors (Lipinski definition) is 2. The molecular weight excluding hydrogens is 506 g/mol. The lowest BCUT2D eigenvalue weighted by atomic mass is 9.88. The first kappa shape index (κ1) is 24.0. The standard InChI is InChI=1S/C32H31N3O5/c1-3-4-5-10-15-39-30(37)32(38)16-23-34-21-13-8-6-11-18(21)25-26-20(17-33-29(26)36)24-19-12-7-9-14-22(19)35(28(24)27(25)34)31(32,2)40-23/h6-9,11-14,23,38H,3-5,10,15-17H2,1-2H3,(H,33,36)/t23-,31?,32+/m0/s1. The van der Waals surface area contributed by atoms with Crippen LogP contribution in [-0.4, -0.2) is 38.3 Å². The molecule has 2 aromatic heterocycles. The normalized spacial score (nSPS) is 24.9. The second-order valence-electron chi connectivity index (χ2n) is 11.5. The van der Waals surface area contributed by atoms with Crippen molar-refractivity contribution < 1.29 is 24.2 Å².